The van der Waals surface area contributed by atoms with Gasteiger partial charge < -0.3 is 16.8 Å². The van der Waals surface area contributed by atoms with E-state index in [0.29, 0.717) is 0 Å². The van der Waals surface area contributed by atoms with Crippen molar-refractivity contribution in [2.45, 2.75) is 13.0 Å². The van der Waals surface area contributed by atoms with Gasteiger partial charge in [0.15, 0.2) is 0 Å². The number of rotatable bonds is 3. The highest BCUT2D eigenvalue weighted by molar-refractivity contribution is 5.86. The number of nitrogens with two attached hydrogens (primary N) is 2. The van der Waals surface area contributed by atoms with E-state index < -0.39 is 11.9 Å². The molecule has 0 saturated heterocycles. The molecule has 10 heavy (non-hydrogen) atoms. The molecule has 0 aliphatic carbocycles. The SMILES string of the molecule is C[C@H](N)C(=O)NCC(N)=O. The van der Waals surface area contributed by atoms with Gasteiger partial charge in [-0.1, -0.05) is 0 Å². The molecule has 58 valence electrons. The predicted octanol–water partition coefficient (Wildman–Crippen LogP) is -2.06. The predicted molar refractivity (Wildman–Crippen MR) is 35.9 cm³/mol. The zero-order chi connectivity index (χ0) is 8.15. The van der Waals surface area contributed by atoms with Crippen LogP contribution in [0, 0.1) is 0 Å². The monoisotopic (exact) mass is 145 g/mol. The Balaban J connectivity index is 3.50. The van der Waals surface area contributed by atoms with Crippen molar-refractivity contribution < 1.29 is 9.59 Å². The number of carbonyl (C=O) groups excluding carboxylic acids is 2. The van der Waals surface area contributed by atoms with Crippen molar-refractivity contribution in [3.63, 3.8) is 0 Å². The van der Waals surface area contributed by atoms with Gasteiger partial charge in [-0.2, -0.15) is 0 Å². The third kappa shape index (κ3) is 3.85. The molecule has 1 atom stereocenters. The normalized spacial score (nSPS) is 12.2. The standard InChI is InChI=1S/C5H11N3O2/c1-3(6)5(10)8-2-4(7)9/h3H,2,6H2,1H3,(H2,7,9)(H,8,10)/t3-/m0/s1. The van der Waals surface area contributed by atoms with E-state index in [4.69, 9.17) is 11.5 Å². The quantitative estimate of drug-likeness (QED) is 0.425. The number of carbonyl (C=O) groups is 2. The molecule has 0 spiro atoms. The molecule has 0 aromatic heterocycles. The van der Waals surface area contributed by atoms with E-state index in [1.54, 1.807) is 0 Å². The highest BCUT2D eigenvalue weighted by Crippen LogP contribution is 1.72. The van der Waals surface area contributed by atoms with Crippen LogP contribution in [0.4, 0.5) is 0 Å². The van der Waals surface area contributed by atoms with Gasteiger partial charge in [-0.3, -0.25) is 9.59 Å². The molecule has 2 amide bonds. The minimum atomic E-state index is -0.598. The molecule has 5 nitrogen and oxygen atoms in total. The average Bonchev–Trinajstić information content (AvgIpc) is 1.82. The number of nitrogens with one attached hydrogen (secondary N) is 1. The molecule has 5 N–H and O–H groups in total. The fraction of sp³-hybridized carbons (Fsp3) is 0.600. The third-order valence-electron chi connectivity index (χ3n) is 0.850. The Morgan fingerprint density at radius 2 is 2.10 bits per heavy atom. The molecule has 0 aromatic carbocycles. The molecule has 0 aliphatic heterocycles. The van der Waals surface area contributed by atoms with Crippen LogP contribution in [0.25, 0.3) is 0 Å². The maximum atomic E-state index is 10.6. The molecule has 0 aromatic rings. The number of primary amides is 1. The summed E-state index contributed by atoms with van der Waals surface area (Å²) in [6, 6.07) is -0.598. The molecule has 0 rings (SSSR count). The summed E-state index contributed by atoms with van der Waals surface area (Å²) in [6.07, 6.45) is 0. The fourth-order valence-electron chi connectivity index (χ4n) is 0.335. The third-order valence-corrected chi connectivity index (χ3v) is 0.850. The van der Waals surface area contributed by atoms with E-state index in [0.717, 1.165) is 0 Å². The van der Waals surface area contributed by atoms with Crippen LogP contribution in [-0.4, -0.2) is 24.4 Å². The Hall–Kier alpha value is -1.10. The van der Waals surface area contributed by atoms with E-state index in [9.17, 15) is 9.59 Å². The highest BCUT2D eigenvalue weighted by Gasteiger charge is 2.06. The van der Waals surface area contributed by atoms with Gasteiger partial charge in [0.25, 0.3) is 0 Å². The largest absolute Gasteiger partial charge is 0.368 e. The Labute approximate surface area is 58.8 Å². The van der Waals surface area contributed by atoms with Gasteiger partial charge >= 0.3 is 0 Å². The lowest BCUT2D eigenvalue weighted by Crippen LogP contribution is -2.42. The first-order valence-corrected chi connectivity index (χ1v) is 2.85. The highest BCUT2D eigenvalue weighted by atomic mass is 16.2. The van der Waals surface area contributed by atoms with Gasteiger partial charge in [-0.15, -0.1) is 0 Å². The van der Waals surface area contributed by atoms with Crippen LogP contribution < -0.4 is 16.8 Å². The molecular weight excluding hydrogens is 134 g/mol. The Kier molecular flexibility index (Phi) is 3.42. The van der Waals surface area contributed by atoms with E-state index in [1.807, 2.05) is 0 Å². The van der Waals surface area contributed by atoms with Crippen LogP contribution in [0.2, 0.25) is 0 Å². The summed E-state index contributed by atoms with van der Waals surface area (Å²) in [5.41, 5.74) is 9.90. The second-order valence-corrected chi connectivity index (χ2v) is 1.97. The van der Waals surface area contributed by atoms with E-state index >= 15 is 0 Å². The molecular formula is C5H11N3O2. The summed E-state index contributed by atoms with van der Waals surface area (Å²) in [5.74, 6) is -0.951. The second-order valence-electron chi connectivity index (χ2n) is 1.97. The summed E-state index contributed by atoms with van der Waals surface area (Å²) in [7, 11) is 0. The molecule has 0 bridgehead atoms. The van der Waals surface area contributed by atoms with E-state index in [1.165, 1.54) is 6.92 Å². The molecule has 0 radical (unpaired) electrons. The van der Waals surface area contributed by atoms with Gasteiger partial charge in [-0.25, -0.2) is 0 Å². The number of hydrogen-bond acceptors (Lipinski definition) is 3. The zero-order valence-corrected chi connectivity index (χ0v) is 5.76. The van der Waals surface area contributed by atoms with Crippen LogP contribution in [0.5, 0.6) is 0 Å². The molecule has 0 aliphatic rings. The van der Waals surface area contributed by atoms with Crippen LogP contribution in [0.15, 0.2) is 0 Å². The van der Waals surface area contributed by atoms with Crippen molar-refractivity contribution in [2.24, 2.45) is 11.5 Å². The van der Waals surface area contributed by atoms with Crippen molar-refractivity contribution >= 4 is 11.8 Å². The second kappa shape index (κ2) is 3.84. The maximum absolute atomic E-state index is 10.6. The van der Waals surface area contributed by atoms with Crippen molar-refractivity contribution in [1.29, 1.82) is 0 Å². The first-order chi connectivity index (χ1) is 4.54. The van der Waals surface area contributed by atoms with Gasteiger partial charge in [0, 0.05) is 0 Å². The number of amides is 2. The molecule has 0 fully saturated rings. The molecule has 5 heteroatoms. The van der Waals surface area contributed by atoms with Gasteiger partial charge in [0.05, 0.1) is 12.6 Å². The Morgan fingerprint density at radius 3 is 2.40 bits per heavy atom. The average molecular weight is 145 g/mol. The lowest BCUT2D eigenvalue weighted by atomic mass is 10.3. The Bertz CT molecular complexity index is 144. The Morgan fingerprint density at radius 1 is 1.60 bits per heavy atom. The van der Waals surface area contributed by atoms with Crippen molar-refractivity contribution in [3.8, 4) is 0 Å². The van der Waals surface area contributed by atoms with Crippen molar-refractivity contribution in [2.75, 3.05) is 6.54 Å². The summed E-state index contributed by atoms with van der Waals surface area (Å²) in [6.45, 7) is 1.37. The van der Waals surface area contributed by atoms with E-state index in [-0.39, 0.29) is 12.5 Å². The first-order valence-electron chi connectivity index (χ1n) is 2.85. The van der Waals surface area contributed by atoms with Crippen LogP contribution in [-0.2, 0) is 9.59 Å². The topological polar surface area (TPSA) is 98.2 Å². The lowest BCUT2D eigenvalue weighted by molar-refractivity contribution is -0.125. The lowest BCUT2D eigenvalue weighted by Gasteiger charge is -2.03. The zero-order valence-electron chi connectivity index (χ0n) is 5.76. The smallest absolute Gasteiger partial charge is 0.237 e. The maximum Gasteiger partial charge on any atom is 0.237 e. The summed E-state index contributed by atoms with van der Waals surface area (Å²) >= 11 is 0. The first kappa shape index (κ1) is 8.90. The van der Waals surface area contributed by atoms with Crippen LogP contribution in [0.3, 0.4) is 0 Å². The minimum Gasteiger partial charge on any atom is -0.368 e. The van der Waals surface area contributed by atoms with Gasteiger partial charge in [-0.05, 0) is 6.92 Å². The molecule has 0 heterocycles. The van der Waals surface area contributed by atoms with Crippen molar-refractivity contribution in [1.82, 2.24) is 5.32 Å². The summed E-state index contributed by atoms with van der Waals surface area (Å²) in [4.78, 5) is 20.7. The molecule has 0 saturated carbocycles. The summed E-state index contributed by atoms with van der Waals surface area (Å²) in [5, 5.41) is 2.24. The van der Waals surface area contributed by atoms with Gasteiger partial charge in [0.2, 0.25) is 11.8 Å². The number of hydrogen-bond donors (Lipinski definition) is 3. The molecule has 0 unspecified atom stereocenters. The van der Waals surface area contributed by atoms with Crippen LogP contribution >= 0.6 is 0 Å². The minimum absolute atomic E-state index is 0.152. The summed E-state index contributed by atoms with van der Waals surface area (Å²) < 4.78 is 0. The van der Waals surface area contributed by atoms with Gasteiger partial charge in [0.1, 0.15) is 0 Å². The fourth-order valence-corrected chi connectivity index (χ4v) is 0.335. The van der Waals surface area contributed by atoms with Crippen LogP contribution in [0.1, 0.15) is 6.92 Å². The van der Waals surface area contributed by atoms with Crippen molar-refractivity contribution in [3.05, 3.63) is 0 Å². The van der Waals surface area contributed by atoms with E-state index in [2.05, 4.69) is 5.32 Å².